The van der Waals surface area contributed by atoms with Crippen molar-refractivity contribution < 1.29 is 19.0 Å². The van der Waals surface area contributed by atoms with Crippen molar-refractivity contribution in [1.82, 2.24) is 0 Å². The van der Waals surface area contributed by atoms with Crippen molar-refractivity contribution in [3.63, 3.8) is 0 Å². The van der Waals surface area contributed by atoms with E-state index in [0.717, 1.165) is 6.42 Å². The summed E-state index contributed by atoms with van der Waals surface area (Å²) in [7, 11) is 2.94. The van der Waals surface area contributed by atoms with E-state index in [4.69, 9.17) is 14.2 Å². The number of ether oxygens (including phenoxy) is 3. The van der Waals surface area contributed by atoms with E-state index in [2.05, 4.69) is 12.6 Å². The molecule has 0 aliphatic rings. The van der Waals surface area contributed by atoms with Crippen LogP contribution in [0.5, 0.6) is 5.75 Å². The van der Waals surface area contributed by atoms with Gasteiger partial charge in [0.25, 0.3) is 0 Å². The van der Waals surface area contributed by atoms with E-state index >= 15 is 0 Å². The fourth-order valence-corrected chi connectivity index (χ4v) is 1.63. The minimum atomic E-state index is -0.816. The summed E-state index contributed by atoms with van der Waals surface area (Å²) in [6.45, 7) is -0.816. The van der Waals surface area contributed by atoms with Gasteiger partial charge in [0.05, 0.1) is 5.56 Å². The molecule has 0 radical (unpaired) electrons. The Balaban J connectivity index is 2.81. The summed E-state index contributed by atoms with van der Waals surface area (Å²) in [4.78, 5) is 12.0. The van der Waals surface area contributed by atoms with Crippen LogP contribution in [0.25, 0.3) is 0 Å². The van der Waals surface area contributed by atoms with E-state index in [1.54, 1.807) is 24.3 Å². The molecule has 100 valence electrons. The van der Waals surface area contributed by atoms with E-state index in [1.807, 2.05) is 0 Å². The summed E-state index contributed by atoms with van der Waals surface area (Å²) < 4.78 is 15.4. The number of hydrogen-bond acceptors (Lipinski definition) is 5. The maximum atomic E-state index is 12.0. The molecule has 0 unspecified atom stereocenters. The first-order chi connectivity index (χ1) is 8.72. The summed E-state index contributed by atoms with van der Waals surface area (Å²) in [6.07, 6.45) is 1.20. The molecular formula is C13H18O4S. The summed E-state index contributed by atoms with van der Waals surface area (Å²) in [5.41, 5.74) is 0.540. The minimum Gasteiger partial charge on any atom is -0.440 e. The number of hydrogen-bond donors (Lipinski definition) is 1. The van der Waals surface area contributed by atoms with Crippen LogP contribution in [0.15, 0.2) is 24.3 Å². The Hall–Kier alpha value is -1.04. The predicted octanol–water partition coefficient (Wildman–Crippen LogP) is 2.53. The topological polar surface area (TPSA) is 44.8 Å². The molecule has 5 heteroatoms. The second-order valence-electron chi connectivity index (χ2n) is 3.62. The lowest BCUT2D eigenvalue weighted by molar-refractivity contribution is -0.219. The second kappa shape index (κ2) is 8.13. The Kier molecular flexibility index (Phi) is 6.78. The Morgan fingerprint density at radius 1 is 1.28 bits per heavy atom. The summed E-state index contributed by atoms with van der Waals surface area (Å²) in [5.74, 6) is 1.19. The molecule has 4 nitrogen and oxygen atoms in total. The van der Waals surface area contributed by atoms with Crippen LogP contribution in [0.4, 0.5) is 0 Å². The van der Waals surface area contributed by atoms with Crippen molar-refractivity contribution in [2.75, 3.05) is 20.0 Å². The highest BCUT2D eigenvalue weighted by Crippen LogP contribution is 2.21. The molecule has 18 heavy (non-hydrogen) atoms. The van der Waals surface area contributed by atoms with Gasteiger partial charge in [-0.2, -0.15) is 12.6 Å². The molecule has 0 aliphatic heterocycles. The molecule has 0 amide bonds. The van der Waals surface area contributed by atoms with Crippen molar-refractivity contribution in [1.29, 1.82) is 0 Å². The van der Waals surface area contributed by atoms with Crippen molar-refractivity contribution in [3.8, 4) is 5.75 Å². The Bertz CT molecular complexity index is 377. The molecule has 0 bridgehead atoms. The van der Waals surface area contributed by atoms with Gasteiger partial charge in [0.2, 0.25) is 0 Å². The largest absolute Gasteiger partial charge is 0.440 e. The average molecular weight is 270 g/mol. The van der Waals surface area contributed by atoms with Crippen LogP contribution in [0.1, 0.15) is 23.2 Å². The van der Waals surface area contributed by atoms with Gasteiger partial charge in [-0.3, -0.25) is 4.79 Å². The van der Waals surface area contributed by atoms with E-state index in [1.165, 1.54) is 14.2 Å². The van der Waals surface area contributed by atoms with Crippen LogP contribution in [-0.4, -0.2) is 32.2 Å². The van der Waals surface area contributed by atoms with Crippen LogP contribution < -0.4 is 4.74 Å². The zero-order chi connectivity index (χ0) is 13.4. The molecule has 0 atom stereocenters. The van der Waals surface area contributed by atoms with Gasteiger partial charge in [-0.15, -0.1) is 0 Å². The van der Waals surface area contributed by atoms with Crippen molar-refractivity contribution in [2.24, 2.45) is 0 Å². The van der Waals surface area contributed by atoms with Crippen LogP contribution in [0.2, 0.25) is 0 Å². The van der Waals surface area contributed by atoms with Gasteiger partial charge >= 0.3 is 6.48 Å². The molecule has 1 rings (SSSR count). The van der Waals surface area contributed by atoms with Gasteiger partial charge in [0, 0.05) is 20.6 Å². The fourth-order valence-electron chi connectivity index (χ4n) is 1.47. The van der Waals surface area contributed by atoms with Gasteiger partial charge < -0.3 is 14.2 Å². The molecule has 0 aliphatic carbocycles. The molecule has 1 aromatic rings. The zero-order valence-electron chi connectivity index (χ0n) is 10.6. The lowest BCUT2D eigenvalue weighted by atomic mass is 10.1. The van der Waals surface area contributed by atoms with Crippen molar-refractivity contribution in [2.45, 2.75) is 19.3 Å². The monoisotopic (exact) mass is 270 g/mol. The maximum absolute atomic E-state index is 12.0. The molecule has 0 saturated heterocycles. The summed E-state index contributed by atoms with van der Waals surface area (Å²) in [6, 6.07) is 7.06. The third kappa shape index (κ3) is 4.33. The number of para-hydroxylation sites is 1. The van der Waals surface area contributed by atoms with Crippen LogP contribution >= 0.6 is 12.6 Å². The highest BCUT2D eigenvalue weighted by atomic mass is 32.1. The fraction of sp³-hybridized carbons (Fsp3) is 0.462. The molecule has 0 aromatic heterocycles. The number of rotatable bonds is 8. The van der Waals surface area contributed by atoms with E-state index in [9.17, 15) is 4.79 Å². The van der Waals surface area contributed by atoms with Crippen LogP contribution in [0.3, 0.4) is 0 Å². The molecule has 0 N–H and O–H groups in total. The normalized spacial score (nSPS) is 10.7. The zero-order valence-corrected chi connectivity index (χ0v) is 11.5. The SMILES string of the molecule is COC(OC)Oc1ccccc1C(=O)CCCS. The third-order valence-corrected chi connectivity index (χ3v) is 2.67. The van der Waals surface area contributed by atoms with Crippen LogP contribution in [-0.2, 0) is 9.47 Å². The number of methoxy groups -OCH3 is 2. The Morgan fingerprint density at radius 2 is 1.94 bits per heavy atom. The molecule has 0 spiro atoms. The minimum absolute atomic E-state index is 0.0330. The first kappa shape index (κ1) is 15.0. The molecular weight excluding hydrogens is 252 g/mol. The summed E-state index contributed by atoms with van der Waals surface area (Å²) in [5, 5.41) is 0. The number of carbonyl (C=O) groups is 1. The third-order valence-electron chi connectivity index (χ3n) is 2.36. The number of Topliss-reactive ketones (excluding diaryl/α,β-unsaturated/α-hetero) is 1. The van der Waals surface area contributed by atoms with E-state index in [-0.39, 0.29) is 5.78 Å². The molecule has 0 heterocycles. The Morgan fingerprint density at radius 3 is 2.56 bits per heavy atom. The maximum Gasteiger partial charge on any atom is 0.315 e. The van der Waals surface area contributed by atoms with E-state index < -0.39 is 6.48 Å². The summed E-state index contributed by atoms with van der Waals surface area (Å²) >= 11 is 4.10. The first-order valence-electron chi connectivity index (χ1n) is 5.68. The Labute approximate surface area is 113 Å². The number of thiol groups is 1. The first-order valence-corrected chi connectivity index (χ1v) is 6.31. The molecule has 0 fully saturated rings. The van der Waals surface area contributed by atoms with E-state index in [0.29, 0.717) is 23.5 Å². The van der Waals surface area contributed by atoms with Crippen molar-refractivity contribution >= 4 is 18.4 Å². The van der Waals surface area contributed by atoms with Gasteiger partial charge in [-0.05, 0) is 24.3 Å². The second-order valence-corrected chi connectivity index (χ2v) is 4.07. The quantitative estimate of drug-likeness (QED) is 0.448. The number of ketones is 1. The number of carbonyl (C=O) groups excluding carboxylic acids is 1. The smallest absolute Gasteiger partial charge is 0.315 e. The van der Waals surface area contributed by atoms with Gasteiger partial charge in [0.1, 0.15) is 5.75 Å². The van der Waals surface area contributed by atoms with Gasteiger partial charge in [0.15, 0.2) is 5.78 Å². The van der Waals surface area contributed by atoms with Crippen molar-refractivity contribution in [3.05, 3.63) is 29.8 Å². The highest BCUT2D eigenvalue weighted by Gasteiger charge is 2.15. The molecule has 0 saturated carbocycles. The highest BCUT2D eigenvalue weighted by molar-refractivity contribution is 7.80. The van der Waals surface area contributed by atoms with Gasteiger partial charge in [-0.25, -0.2) is 0 Å². The standard InChI is InChI=1S/C13H18O4S/c1-15-13(16-2)17-12-8-4-3-6-10(12)11(14)7-5-9-18/h3-4,6,8,13,18H,5,7,9H2,1-2H3. The lowest BCUT2D eigenvalue weighted by Gasteiger charge is -2.17. The van der Waals surface area contributed by atoms with Crippen LogP contribution in [0, 0.1) is 0 Å². The molecule has 1 aromatic carbocycles. The lowest BCUT2D eigenvalue weighted by Crippen LogP contribution is -2.21. The predicted molar refractivity (Wildman–Crippen MR) is 72.3 cm³/mol. The average Bonchev–Trinajstić information content (AvgIpc) is 2.42. The van der Waals surface area contributed by atoms with Gasteiger partial charge in [-0.1, -0.05) is 12.1 Å². The number of benzene rings is 1.